The number of carbonyl (C=O) groups excluding carboxylic acids is 1. The number of hydrogen-bond acceptors (Lipinski definition) is 8. The summed E-state index contributed by atoms with van der Waals surface area (Å²) in [4.78, 5) is 25.6. The number of nitrogens with one attached hydrogen (secondary N) is 1. The van der Waals surface area contributed by atoms with Crippen LogP contribution < -0.4 is 16.0 Å². The average Bonchev–Trinajstić information content (AvgIpc) is 3.57. The van der Waals surface area contributed by atoms with Gasteiger partial charge in [0.25, 0.3) is 5.91 Å². The minimum absolute atomic E-state index is 0.357. The van der Waals surface area contributed by atoms with Gasteiger partial charge in [-0.15, -0.1) is 6.58 Å². The molecule has 1 aromatic heterocycles. The summed E-state index contributed by atoms with van der Waals surface area (Å²) in [5.41, 5.74) is 8.33. The third-order valence-corrected chi connectivity index (χ3v) is 17.2. The van der Waals surface area contributed by atoms with Gasteiger partial charge in [-0.25, -0.2) is 9.97 Å². The molecule has 8 unspecified atom stereocenters. The maximum absolute atomic E-state index is 11.7. The van der Waals surface area contributed by atoms with Crippen LogP contribution in [0.1, 0.15) is 123 Å². The highest BCUT2D eigenvalue weighted by molar-refractivity contribution is 7.85. The molecule has 6 fully saturated rings. The highest BCUT2D eigenvalue weighted by Gasteiger charge is 2.64. The second-order valence-corrected chi connectivity index (χ2v) is 22.0. The van der Waals surface area contributed by atoms with Gasteiger partial charge in [0.1, 0.15) is 0 Å². The molecule has 2 aliphatic heterocycles. The number of carbonyl (C=O) groups is 1. The summed E-state index contributed by atoms with van der Waals surface area (Å²) in [5.74, 6) is 6.92. The van der Waals surface area contributed by atoms with Gasteiger partial charge in [-0.2, -0.15) is 0 Å². The van der Waals surface area contributed by atoms with E-state index in [9.17, 15) is 13.2 Å². The van der Waals surface area contributed by atoms with Crippen LogP contribution in [0.25, 0.3) is 0 Å². The van der Waals surface area contributed by atoms with Crippen molar-refractivity contribution in [1.29, 1.82) is 0 Å². The lowest BCUT2D eigenvalue weighted by atomic mass is 9.38. The Hall–Kier alpha value is -1.69. The van der Waals surface area contributed by atoms with Crippen LogP contribution in [0.3, 0.4) is 0 Å². The van der Waals surface area contributed by atoms with Crippen molar-refractivity contribution >= 4 is 33.5 Å². The highest BCUT2D eigenvalue weighted by Crippen LogP contribution is 2.71. The van der Waals surface area contributed by atoms with Gasteiger partial charge in [-0.05, 0) is 144 Å². The number of hydrogen-bond donors (Lipinski definition) is 2. The molecule has 7 rings (SSSR count). The molecule has 4 saturated carbocycles. The van der Waals surface area contributed by atoms with E-state index in [1.807, 2.05) is 20.8 Å². The van der Waals surface area contributed by atoms with Crippen molar-refractivity contribution in [3.8, 4) is 0 Å². The largest absolute Gasteiger partial charge is 0.366 e. The third kappa shape index (κ3) is 9.53. The number of allylic oxidation sites excluding steroid dienone is 1. The summed E-state index contributed by atoms with van der Waals surface area (Å²) >= 11 is 0. The van der Waals surface area contributed by atoms with Crippen molar-refractivity contribution in [1.82, 2.24) is 20.2 Å². The summed E-state index contributed by atoms with van der Waals surface area (Å²) in [6.07, 6.45) is 20.0. The molecular weight excluding hydrogens is 713 g/mol. The zero-order valence-electron chi connectivity index (χ0n) is 34.9. The highest BCUT2D eigenvalue weighted by atomic mass is 32.2. The third-order valence-electron chi connectivity index (χ3n) is 15.2. The number of fused-ring (bicyclic) bond motifs is 7. The van der Waals surface area contributed by atoms with Gasteiger partial charge in [0.05, 0.1) is 5.56 Å². The summed E-state index contributed by atoms with van der Waals surface area (Å²) in [6, 6.07) is 0.393. The lowest BCUT2D eigenvalue weighted by Crippen LogP contribution is -2.64. The Morgan fingerprint density at radius 2 is 1.61 bits per heavy atom. The Balaban J connectivity index is 0.000000561. The van der Waals surface area contributed by atoms with E-state index in [1.54, 1.807) is 18.6 Å². The summed E-state index contributed by atoms with van der Waals surface area (Å²) in [7, 11) is -1.15. The molecule has 3 N–H and O–H groups in total. The van der Waals surface area contributed by atoms with Crippen LogP contribution in [0.4, 0.5) is 5.95 Å². The maximum atomic E-state index is 11.7. The van der Waals surface area contributed by atoms with Crippen molar-refractivity contribution in [3.05, 3.63) is 30.1 Å². The second kappa shape index (κ2) is 18.7. The minimum Gasteiger partial charge on any atom is -0.366 e. The van der Waals surface area contributed by atoms with E-state index in [-0.39, 0.29) is 0 Å². The molecule has 0 aromatic carbocycles. The molecule has 0 bridgehead atoms. The van der Waals surface area contributed by atoms with Crippen LogP contribution in [0.2, 0.25) is 0 Å². The summed E-state index contributed by atoms with van der Waals surface area (Å²) < 4.78 is 21.6. The minimum atomic E-state index is -0.579. The molecule has 306 valence electrons. The van der Waals surface area contributed by atoms with Crippen molar-refractivity contribution in [2.45, 2.75) is 118 Å². The van der Waals surface area contributed by atoms with Gasteiger partial charge in [0, 0.05) is 89.7 Å². The van der Waals surface area contributed by atoms with E-state index in [4.69, 9.17) is 5.73 Å². The predicted molar refractivity (Wildman–Crippen MR) is 227 cm³/mol. The number of anilines is 1. The summed E-state index contributed by atoms with van der Waals surface area (Å²) in [6.45, 7) is 23.7. The zero-order chi connectivity index (χ0) is 39.3. The first-order valence-electron chi connectivity index (χ1n) is 21.2. The van der Waals surface area contributed by atoms with Gasteiger partial charge in [0.15, 0.2) is 0 Å². The van der Waals surface area contributed by atoms with Gasteiger partial charge in [0.2, 0.25) is 5.95 Å². The number of piperidine rings is 1. The van der Waals surface area contributed by atoms with E-state index in [0.29, 0.717) is 33.8 Å². The van der Waals surface area contributed by atoms with Crippen molar-refractivity contribution in [2.24, 2.45) is 51.6 Å². The monoisotopic (exact) mass is 787 g/mol. The zero-order valence-corrected chi connectivity index (χ0v) is 36.5. The van der Waals surface area contributed by atoms with Crippen LogP contribution in [0.5, 0.6) is 0 Å². The molecule has 11 heteroatoms. The maximum Gasteiger partial charge on any atom is 0.251 e. The molecule has 2 saturated heterocycles. The molecule has 0 spiro atoms. The fourth-order valence-corrected chi connectivity index (χ4v) is 13.7. The van der Waals surface area contributed by atoms with E-state index in [1.165, 1.54) is 82.7 Å². The number of amides is 1. The quantitative estimate of drug-likeness (QED) is 0.207. The molecule has 0 radical (unpaired) electrons. The van der Waals surface area contributed by atoms with Gasteiger partial charge in [-0.3, -0.25) is 13.2 Å². The normalized spacial score (nSPS) is 36.8. The molecule has 4 aliphatic carbocycles. The number of primary amides is 1. The Bertz CT molecular complexity index is 1460. The average molecular weight is 787 g/mol. The number of nitrogens with zero attached hydrogens (tertiary/aromatic N) is 4. The van der Waals surface area contributed by atoms with E-state index in [0.717, 1.165) is 79.6 Å². The van der Waals surface area contributed by atoms with Crippen molar-refractivity contribution < 1.29 is 13.2 Å². The van der Waals surface area contributed by atoms with Crippen LogP contribution in [0, 0.1) is 45.8 Å². The Morgan fingerprint density at radius 3 is 2.24 bits per heavy atom. The Morgan fingerprint density at radius 1 is 0.981 bits per heavy atom. The van der Waals surface area contributed by atoms with E-state index >= 15 is 0 Å². The second-order valence-electron chi connectivity index (χ2n) is 18.6. The fourth-order valence-electron chi connectivity index (χ4n) is 12.5. The molecule has 6 aliphatic rings. The standard InChI is InChI=1S/C36H58N6O2S.C4H8.C3H8OS/c1-25-28-9-12-34(2)29-10-13-36(24-38-15-5-16-41-18-20-45(44)21-19-41)11-4-6-30(36)27(29)7-8-31(34)35(28,3)14-17-42(25)33-39-22-26(23-40-33)32(37)43;1-4(2)3;1-3-5(2)4/h22-23,25,27-31,38H,4-21,24H2,1-3H3,(H2,37,43);1H2,2-3H3;3H2,1-2H3/t25?,27?,28?,29?,30-,31+,34?,35?,36?;;/m1../s1. The number of nitrogens with two attached hydrogens (primary N) is 1. The van der Waals surface area contributed by atoms with Crippen LogP contribution >= 0.6 is 0 Å². The topological polar surface area (TPSA) is 122 Å². The lowest BCUT2D eigenvalue weighted by molar-refractivity contribution is -0.174. The van der Waals surface area contributed by atoms with Crippen molar-refractivity contribution in [2.75, 3.05) is 67.7 Å². The lowest BCUT2D eigenvalue weighted by Gasteiger charge is -2.68. The van der Waals surface area contributed by atoms with Crippen LogP contribution in [-0.2, 0) is 21.6 Å². The molecule has 9 nitrogen and oxygen atoms in total. The number of aromatic nitrogens is 2. The van der Waals surface area contributed by atoms with E-state index < -0.39 is 27.5 Å². The Kier molecular flexibility index (Phi) is 15.1. The van der Waals surface area contributed by atoms with Crippen LogP contribution in [-0.4, -0.2) is 98.0 Å². The number of rotatable bonds is 9. The first-order chi connectivity index (χ1) is 25.6. The molecule has 1 amide bonds. The molecule has 3 heterocycles. The molecule has 1 aromatic rings. The van der Waals surface area contributed by atoms with Gasteiger partial charge >= 0.3 is 0 Å². The summed E-state index contributed by atoms with van der Waals surface area (Å²) in [5, 5.41) is 3.98. The smallest absolute Gasteiger partial charge is 0.251 e. The van der Waals surface area contributed by atoms with Crippen molar-refractivity contribution in [3.63, 3.8) is 0 Å². The predicted octanol–water partition coefficient (Wildman–Crippen LogP) is 6.83. The first-order valence-corrected chi connectivity index (χ1v) is 24.5. The van der Waals surface area contributed by atoms with Crippen LogP contribution in [0.15, 0.2) is 24.5 Å². The van der Waals surface area contributed by atoms with E-state index in [2.05, 4.69) is 52.4 Å². The first kappa shape index (κ1) is 43.4. The molecular formula is C43H74N6O3S2. The molecule has 54 heavy (non-hydrogen) atoms. The van der Waals surface area contributed by atoms with Gasteiger partial charge in [-0.1, -0.05) is 32.8 Å². The SMILES string of the molecule is C=C(C)C.CC1C2CCC3(C)C4CCC5(CNCCCN6CCS(=O)CC6)CCC[C@@H]5C4CC[C@@H]3C2(C)CCN1c1ncc(C(N)=O)cn1.CCS(C)=O. The molecule has 10 atom stereocenters. The fraction of sp³-hybridized carbons (Fsp3) is 0.837. The van der Waals surface area contributed by atoms with Gasteiger partial charge < -0.3 is 20.9 Å². The Labute approximate surface area is 333 Å².